The normalized spacial score (nSPS) is 16.8. The summed E-state index contributed by atoms with van der Waals surface area (Å²) in [5.74, 6) is -0.0771. The number of hydrazone groups is 1. The Morgan fingerprint density at radius 1 is 1.92 bits per heavy atom. The van der Waals surface area contributed by atoms with Crippen LogP contribution in [0, 0.1) is 10.1 Å². The van der Waals surface area contributed by atoms with Crippen molar-refractivity contribution in [3.63, 3.8) is 0 Å². The average Bonchev–Trinajstić information content (AvgIpc) is 2.51. The highest BCUT2D eigenvalue weighted by Crippen LogP contribution is 1.87. The molecule has 0 aromatic carbocycles. The second-order valence-electron chi connectivity index (χ2n) is 1.96. The van der Waals surface area contributed by atoms with Crippen LogP contribution in [-0.4, -0.2) is 35.0 Å². The minimum absolute atomic E-state index is 0.203. The molecular formula is C4H7N5O3. The Morgan fingerprint density at radius 3 is 3.08 bits per heavy atom. The predicted octanol–water partition coefficient (Wildman–Crippen LogP) is -1.44. The van der Waals surface area contributed by atoms with Crippen molar-refractivity contribution >= 4 is 11.7 Å². The third kappa shape index (κ3) is 1.89. The summed E-state index contributed by atoms with van der Waals surface area (Å²) in [6.45, 7) is 1.11. The fourth-order valence-electron chi connectivity index (χ4n) is 0.761. The van der Waals surface area contributed by atoms with Gasteiger partial charge in [-0.25, -0.2) is 15.6 Å². The molecule has 0 saturated heterocycles. The molecular weight excluding hydrogens is 166 g/mol. The fourth-order valence-corrected chi connectivity index (χ4v) is 0.761. The van der Waals surface area contributed by atoms with Gasteiger partial charge in [0, 0.05) is 6.54 Å². The van der Waals surface area contributed by atoms with E-state index in [1.807, 2.05) is 0 Å². The van der Waals surface area contributed by atoms with Gasteiger partial charge in [0.2, 0.25) is 0 Å². The highest BCUT2D eigenvalue weighted by molar-refractivity contribution is 6.40. The first-order valence-electron chi connectivity index (χ1n) is 3.16. The summed E-state index contributed by atoms with van der Waals surface area (Å²) >= 11 is 0. The molecule has 0 spiro atoms. The van der Waals surface area contributed by atoms with Crippen LogP contribution in [0.4, 0.5) is 0 Å². The van der Waals surface area contributed by atoms with Crippen LogP contribution >= 0.6 is 0 Å². The van der Waals surface area contributed by atoms with Gasteiger partial charge in [-0.3, -0.25) is 10.2 Å². The molecule has 0 saturated carbocycles. The Bertz CT molecular complexity index is 247. The summed E-state index contributed by atoms with van der Waals surface area (Å²) in [5, 5.41) is 23.0. The number of nitrogens with zero attached hydrogens (tertiary/aromatic N) is 3. The minimum Gasteiger partial charge on any atom is -0.365 e. The van der Waals surface area contributed by atoms with Crippen molar-refractivity contribution in [1.82, 2.24) is 10.8 Å². The molecule has 1 heterocycles. The molecule has 8 nitrogen and oxygen atoms in total. The molecule has 0 aromatic rings. The third-order valence-electron chi connectivity index (χ3n) is 1.19. The lowest BCUT2D eigenvalue weighted by atomic mass is 10.5. The number of nitrogens with one attached hydrogen (secondary N) is 2. The maximum absolute atomic E-state index is 9.91. The minimum atomic E-state index is -0.916. The van der Waals surface area contributed by atoms with Crippen LogP contribution in [0.1, 0.15) is 0 Å². The third-order valence-corrected chi connectivity index (χ3v) is 1.19. The molecule has 1 aliphatic rings. The van der Waals surface area contributed by atoms with Crippen LogP contribution in [0.2, 0.25) is 0 Å². The van der Waals surface area contributed by atoms with Crippen molar-refractivity contribution in [3.8, 4) is 0 Å². The van der Waals surface area contributed by atoms with Gasteiger partial charge in [0.1, 0.15) is 0 Å². The number of rotatable bonds is 2. The Balaban J connectivity index is 2.73. The van der Waals surface area contributed by atoms with Gasteiger partial charge in [0.05, 0.1) is 11.6 Å². The number of amidine groups is 2. The van der Waals surface area contributed by atoms with Crippen molar-refractivity contribution in [2.75, 3.05) is 13.1 Å². The Hall–Kier alpha value is -1.70. The standard InChI is InChI=1S/C4H7N5O3/c10-8-4(7-9(11)12)3-5-1-2-6-3/h10H,1-2H2,(H,5,6)(H,7,8). The van der Waals surface area contributed by atoms with Gasteiger partial charge in [-0.05, 0) is 0 Å². The van der Waals surface area contributed by atoms with Crippen molar-refractivity contribution in [1.29, 1.82) is 0 Å². The van der Waals surface area contributed by atoms with Crippen molar-refractivity contribution in [2.45, 2.75) is 0 Å². The quantitative estimate of drug-likeness (QED) is 0.205. The lowest BCUT2D eigenvalue weighted by Crippen LogP contribution is -2.36. The number of hydrogen-bond donors (Lipinski definition) is 3. The van der Waals surface area contributed by atoms with E-state index in [0.717, 1.165) is 0 Å². The molecule has 0 fully saturated rings. The molecule has 1 rings (SSSR count). The lowest BCUT2D eigenvalue weighted by molar-refractivity contribution is -0.485. The molecule has 12 heavy (non-hydrogen) atoms. The summed E-state index contributed by atoms with van der Waals surface area (Å²) in [6, 6.07) is 0. The zero-order valence-electron chi connectivity index (χ0n) is 6.02. The van der Waals surface area contributed by atoms with Gasteiger partial charge in [-0.2, -0.15) is 0 Å². The first kappa shape index (κ1) is 8.40. The SMILES string of the molecule is O=[N+]([O-])/N=C(/NO)C1=NCCN1. The molecule has 0 atom stereocenters. The Labute approximate surface area is 67.1 Å². The van der Waals surface area contributed by atoms with Crippen LogP contribution in [0.3, 0.4) is 0 Å². The zero-order chi connectivity index (χ0) is 8.97. The predicted molar refractivity (Wildman–Crippen MR) is 39.7 cm³/mol. The first-order valence-corrected chi connectivity index (χ1v) is 3.16. The maximum Gasteiger partial charge on any atom is 0.266 e. The molecule has 1 aliphatic heterocycles. The molecule has 0 aromatic heterocycles. The van der Waals surface area contributed by atoms with Crippen LogP contribution in [-0.2, 0) is 0 Å². The highest BCUT2D eigenvalue weighted by atomic mass is 16.7. The second-order valence-corrected chi connectivity index (χ2v) is 1.96. The van der Waals surface area contributed by atoms with Crippen molar-refractivity contribution < 1.29 is 10.2 Å². The van der Waals surface area contributed by atoms with E-state index in [1.54, 1.807) is 5.48 Å². The molecule has 0 aliphatic carbocycles. The summed E-state index contributed by atoms with van der Waals surface area (Å²) in [4.78, 5) is 13.7. The Kier molecular flexibility index (Phi) is 2.53. The summed E-state index contributed by atoms with van der Waals surface area (Å²) < 4.78 is 0. The largest absolute Gasteiger partial charge is 0.365 e. The molecule has 0 bridgehead atoms. The van der Waals surface area contributed by atoms with E-state index in [4.69, 9.17) is 5.21 Å². The van der Waals surface area contributed by atoms with E-state index in [1.165, 1.54) is 0 Å². The molecule has 8 heteroatoms. The van der Waals surface area contributed by atoms with E-state index in [9.17, 15) is 10.1 Å². The van der Waals surface area contributed by atoms with E-state index in [0.29, 0.717) is 13.1 Å². The van der Waals surface area contributed by atoms with Crippen LogP contribution in [0.5, 0.6) is 0 Å². The summed E-state index contributed by atoms with van der Waals surface area (Å²) in [7, 11) is 0. The van der Waals surface area contributed by atoms with E-state index in [2.05, 4.69) is 15.4 Å². The lowest BCUT2D eigenvalue weighted by Gasteiger charge is -1.99. The van der Waals surface area contributed by atoms with E-state index in [-0.39, 0.29) is 11.7 Å². The fraction of sp³-hybridized carbons (Fsp3) is 0.500. The van der Waals surface area contributed by atoms with Crippen LogP contribution in [0.25, 0.3) is 0 Å². The smallest absolute Gasteiger partial charge is 0.266 e. The van der Waals surface area contributed by atoms with Gasteiger partial charge in [-0.1, -0.05) is 0 Å². The maximum atomic E-state index is 9.91. The topological polar surface area (TPSA) is 112 Å². The average molecular weight is 173 g/mol. The first-order chi connectivity index (χ1) is 5.74. The molecule has 0 unspecified atom stereocenters. The van der Waals surface area contributed by atoms with Gasteiger partial charge in [0.25, 0.3) is 5.84 Å². The van der Waals surface area contributed by atoms with Crippen molar-refractivity contribution in [2.24, 2.45) is 10.1 Å². The number of hydroxylamine groups is 1. The summed E-state index contributed by atoms with van der Waals surface area (Å²) in [6.07, 6.45) is 0. The molecule has 0 amide bonds. The number of hydrogen-bond acceptors (Lipinski definition) is 5. The van der Waals surface area contributed by atoms with E-state index >= 15 is 0 Å². The number of nitro groups is 1. The van der Waals surface area contributed by atoms with Gasteiger partial charge in [-0.15, -0.1) is 0 Å². The Morgan fingerprint density at radius 2 is 2.67 bits per heavy atom. The second kappa shape index (κ2) is 3.62. The van der Waals surface area contributed by atoms with Gasteiger partial charge in [0.15, 0.2) is 10.9 Å². The molecule has 0 radical (unpaired) electrons. The van der Waals surface area contributed by atoms with E-state index < -0.39 is 5.03 Å². The molecule has 3 N–H and O–H groups in total. The zero-order valence-corrected chi connectivity index (χ0v) is 6.02. The van der Waals surface area contributed by atoms with Crippen LogP contribution in [0.15, 0.2) is 10.1 Å². The monoisotopic (exact) mass is 173 g/mol. The van der Waals surface area contributed by atoms with Gasteiger partial charge >= 0.3 is 0 Å². The molecule has 66 valence electrons. The number of aliphatic imine (C=N–C) groups is 1. The van der Waals surface area contributed by atoms with Crippen molar-refractivity contribution in [3.05, 3.63) is 10.1 Å². The highest BCUT2D eigenvalue weighted by Gasteiger charge is 2.15. The van der Waals surface area contributed by atoms with Crippen LogP contribution < -0.4 is 10.8 Å². The van der Waals surface area contributed by atoms with Gasteiger partial charge < -0.3 is 5.32 Å². The summed E-state index contributed by atoms with van der Waals surface area (Å²) in [5.41, 5.74) is 1.59.